The molecule has 0 saturated carbocycles. The zero-order valence-electron chi connectivity index (χ0n) is 16.9. The van der Waals surface area contributed by atoms with Crippen LogP contribution in [0.15, 0.2) is 49.1 Å². The van der Waals surface area contributed by atoms with Gasteiger partial charge in [-0.15, -0.1) is 0 Å². The first kappa shape index (κ1) is 22.7. The second kappa shape index (κ2) is 13.5. The Hall–Kier alpha value is -2.61. The van der Waals surface area contributed by atoms with Crippen molar-refractivity contribution in [1.29, 1.82) is 0 Å². The molecule has 0 saturated heterocycles. The third kappa shape index (κ3) is 8.11. The number of rotatable bonds is 15. The topological polar surface area (TPSA) is 75.3 Å². The fourth-order valence-electron chi connectivity index (χ4n) is 2.59. The van der Waals surface area contributed by atoms with Gasteiger partial charge in [0.15, 0.2) is 0 Å². The van der Waals surface area contributed by atoms with Crippen LogP contribution >= 0.6 is 0 Å². The fourth-order valence-corrected chi connectivity index (χ4v) is 2.59. The van der Waals surface area contributed by atoms with Gasteiger partial charge < -0.3 is 29.0 Å². The minimum Gasteiger partial charge on any atom is -0.491 e. The Kier molecular flexibility index (Phi) is 10.6. The zero-order chi connectivity index (χ0) is 20.7. The zero-order valence-corrected chi connectivity index (χ0v) is 16.9. The summed E-state index contributed by atoms with van der Waals surface area (Å²) in [6.45, 7) is 7.17. The van der Waals surface area contributed by atoms with Gasteiger partial charge in [-0.25, -0.2) is 0 Å². The number of hydrogen-bond acceptors (Lipinski definition) is 6. The summed E-state index contributed by atoms with van der Waals surface area (Å²) >= 11 is 0. The van der Waals surface area contributed by atoms with Crippen LogP contribution in [0.4, 0.5) is 0 Å². The minimum atomic E-state index is -0.208. The summed E-state index contributed by atoms with van der Waals surface area (Å²) < 4.78 is 27.6. The second-order valence-electron chi connectivity index (χ2n) is 6.02. The monoisotopic (exact) mass is 403 g/mol. The van der Waals surface area contributed by atoms with Gasteiger partial charge in [-0.2, -0.15) is 0 Å². The molecular formula is C22H29NO6. The van der Waals surface area contributed by atoms with Crippen molar-refractivity contribution in [3.63, 3.8) is 0 Å². The summed E-state index contributed by atoms with van der Waals surface area (Å²) in [5.74, 6) is 1.35. The molecule has 1 N–H and O–H groups in total. The quantitative estimate of drug-likeness (QED) is 0.364. The molecule has 0 heterocycles. The largest absolute Gasteiger partial charge is 0.491 e. The van der Waals surface area contributed by atoms with E-state index < -0.39 is 0 Å². The van der Waals surface area contributed by atoms with E-state index in [1.54, 1.807) is 7.11 Å². The molecule has 29 heavy (non-hydrogen) atoms. The van der Waals surface area contributed by atoms with Crippen molar-refractivity contribution in [3.05, 3.63) is 49.1 Å². The van der Waals surface area contributed by atoms with Gasteiger partial charge in [-0.05, 0) is 18.2 Å². The van der Waals surface area contributed by atoms with Crippen LogP contribution in [0.2, 0.25) is 0 Å². The van der Waals surface area contributed by atoms with Crippen LogP contribution < -0.4 is 14.8 Å². The number of fused-ring (bicyclic) bond motifs is 1. The molecular weight excluding hydrogens is 374 g/mol. The Labute approximate surface area is 171 Å². The van der Waals surface area contributed by atoms with E-state index in [1.165, 1.54) is 6.08 Å². The molecule has 0 aromatic heterocycles. The number of ether oxygens (including phenoxy) is 5. The van der Waals surface area contributed by atoms with E-state index in [9.17, 15) is 4.79 Å². The Balaban J connectivity index is 1.80. The Bertz CT molecular complexity index is 764. The molecule has 0 aliphatic carbocycles. The van der Waals surface area contributed by atoms with Crippen molar-refractivity contribution in [2.75, 3.05) is 59.9 Å². The lowest BCUT2D eigenvalue weighted by atomic mass is 10.1. The van der Waals surface area contributed by atoms with Gasteiger partial charge in [0.05, 0.1) is 33.0 Å². The minimum absolute atomic E-state index is 0.208. The van der Waals surface area contributed by atoms with Gasteiger partial charge in [0.25, 0.3) is 0 Å². The molecule has 0 radical (unpaired) electrons. The van der Waals surface area contributed by atoms with Gasteiger partial charge >= 0.3 is 0 Å². The molecule has 158 valence electrons. The summed E-state index contributed by atoms with van der Waals surface area (Å²) in [5.41, 5.74) is 0. The van der Waals surface area contributed by atoms with Crippen molar-refractivity contribution in [2.45, 2.75) is 0 Å². The Morgan fingerprint density at radius 1 is 0.862 bits per heavy atom. The van der Waals surface area contributed by atoms with E-state index in [0.717, 1.165) is 22.3 Å². The van der Waals surface area contributed by atoms with Crippen LogP contribution in [-0.4, -0.2) is 65.8 Å². The molecule has 0 unspecified atom stereocenters. The van der Waals surface area contributed by atoms with Crippen molar-refractivity contribution in [2.24, 2.45) is 0 Å². The Morgan fingerprint density at radius 2 is 1.41 bits per heavy atom. The number of benzene rings is 2. The normalized spacial score (nSPS) is 10.7. The number of amides is 1. The van der Waals surface area contributed by atoms with E-state index in [-0.39, 0.29) is 5.91 Å². The lowest BCUT2D eigenvalue weighted by Gasteiger charge is -2.13. The van der Waals surface area contributed by atoms with Crippen molar-refractivity contribution < 1.29 is 28.5 Å². The highest BCUT2D eigenvalue weighted by Gasteiger charge is 2.07. The maximum Gasteiger partial charge on any atom is 0.243 e. The first-order valence-electron chi connectivity index (χ1n) is 9.58. The standard InChI is InChI=1S/C22H29NO6/c1-3-22(24)23-10-11-26-14-16-28-20-8-4-7-19-18(20)6-5-9-21(19)29-17-15-27-13-12-25-2/h3-9H,1,10-17H2,2H3,(H,23,24). The number of carbonyl (C=O) groups is 1. The lowest BCUT2D eigenvalue weighted by molar-refractivity contribution is -0.116. The predicted octanol–water partition coefficient (Wildman–Crippen LogP) is 2.58. The molecule has 7 heteroatoms. The molecule has 2 rings (SSSR count). The maximum absolute atomic E-state index is 11.0. The molecule has 0 spiro atoms. The average molecular weight is 403 g/mol. The van der Waals surface area contributed by atoms with E-state index in [1.807, 2.05) is 36.4 Å². The molecule has 0 fully saturated rings. The van der Waals surface area contributed by atoms with Gasteiger partial charge in [-0.1, -0.05) is 30.8 Å². The molecule has 2 aromatic rings. The van der Waals surface area contributed by atoms with Gasteiger partial charge in [0.2, 0.25) is 5.91 Å². The Morgan fingerprint density at radius 3 is 1.97 bits per heavy atom. The molecule has 7 nitrogen and oxygen atoms in total. The lowest BCUT2D eigenvalue weighted by Crippen LogP contribution is -2.25. The van der Waals surface area contributed by atoms with E-state index in [4.69, 9.17) is 23.7 Å². The highest BCUT2D eigenvalue weighted by atomic mass is 16.5. The maximum atomic E-state index is 11.0. The highest BCUT2D eigenvalue weighted by molar-refractivity contribution is 5.93. The van der Waals surface area contributed by atoms with Crippen LogP contribution in [-0.2, 0) is 19.0 Å². The first-order valence-corrected chi connectivity index (χ1v) is 9.58. The summed E-state index contributed by atoms with van der Waals surface area (Å²) in [6.07, 6.45) is 1.23. The van der Waals surface area contributed by atoms with Crippen LogP contribution in [0, 0.1) is 0 Å². The van der Waals surface area contributed by atoms with Crippen molar-refractivity contribution in [1.82, 2.24) is 5.32 Å². The van der Waals surface area contributed by atoms with Crippen LogP contribution in [0.1, 0.15) is 0 Å². The molecule has 1 amide bonds. The molecule has 0 atom stereocenters. The van der Waals surface area contributed by atoms with Crippen molar-refractivity contribution in [3.8, 4) is 11.5 Å². The molecule has 0 aliphatic rings. The predicted molar refractivity (Wildman–Crippen MR) is 112 cm³/mol. The van der Waals surface area contributed by atoms with Crippen LogP contribution in [0.5, 0.6) is 11.5 Å². The number of nitrogens with one attached hydrogen (secondary N) is 1. The van der Waals surface area contributed by atoms with Gasteiger partial charge in [-0.3, -0.25) is 4.79 Å². The fraction of sp³-hybridized carbons (Fsp3) is 0.409. The van der Waals surface area contributed by atoms with E-state index in [0.29, 0.717) is 52.8 Å². The molecule has 0 bridgehead atoms. The third-order valence-electron chi connectivity index (χ3n) is 3.98. The number of carbonyl (C=O) groups excluding carboxylic acids is 1. The van der Waals surface area contributed by atoms with Gasteiger partial charge in [0, 0.05) is 24.4 Å². The smallest absolute Gasteiger partial charge is 0.243 e. The number of hydrogen-bond donors (Lipinski definition) is 1. The summed E-state index contributed by atoms with van der Waals surface area (Å²) in [6, 6.07) is 11.7. The number of methoxy groups -OCH3 is 1. The average Bonchev–Trinajstić information content (AvgIpc) is 2.75. The summed E-state index contributed by atoms with van der Waals surface area (Å²) in [7, 11) is 1.64. The first-order chi connectivity index (χ1) is 14.3. The van der Waals surface area contributed by atoms with Gasteiger partial charge in [0.1, 0.15) is 24.7 Å². The van der Waals surface area contributed by atoms with Crippen molar-refractivity contribution >= 4 is 16.7 Å². The van der Waals surface area contributed by atoms with Crippen LogP contribution in [0.3, 0.4) is 0 Å². The second-order valence-corrected chi connectivity index (χ2v) is 6.02. The molecule has 2 aromatic carbocycles. The summed E-state index contributed by atoms with van der Waals surface area (Å²) in [4.78, 5) is 11.0. The van der Waals surface area contributed by atoms with E-state index >= 15 is 0 Å². The van der Waals surface area contributed by atoms with E-state index in [2.05, 4.69) is 11.9 Å². The summed E-state index contributed by atoms with van der Waals surface area (Å²) in [5, 5.41) is 4.61. The van der Waals surface area contributed by atoms with Crippen LogP contribution in [0.25, 0.3) is 10.8 Å². The molecule has 0 aliphatic heterocycles. The highest BCUT2D eigenvalue weighted by Crippen LogP contribution is 2.32. The third-order valence-corrected chi connectivity index (χ3v) is 3.98. The SMILES string of the molecule is C=CC(=O)NCCOCCOc1cccc2c(OCCOCCOC)cccc12.